The normalized spacial score (nSPS) is 13.8. The highest BCUT2D eigenvalue weighted by molar-refractivity contribution is 5.96. The van der Waals surface area contributed by atoms with E-state index < -0.39 is 5.82 Å². The molecule has 1 saturated heterocycles. The Morgan fingerprint density at radius 3 is 2.43 bits per heavy atom. The highest BCUT2D eigenvalue weighted by atomic mass is 19.1. The standard InChI is InChI=1S/C29H32FN3O4/c1-19-8-10-23(28(34)31-15-12-20-9-11-25(36-2)26(18-20)37-3)27(32-19)21-13-16-33(17-14-21)29(35)22-6-4-5-7-24(22)30/h4-11,18,21H,12-17H2,1-3H3,(H,31,34). The molecule has 2 heterocycles. The highest BCUT2D eigenvalue weighted by Gasteiger charge is 2.29. The van der Waals surface area contributed by atoms with Crippen LogP contribution in [0.4, 0.5) is 4.39 Å². The van der Waals surface area contributed by atoms with E-state index in [1.807, 2.05) is 37.3 Å². The fourth-order valence-electron chi connectivity index (χ4n) is 4.69. The lowest BCUT2D eigenvalue weighted by atomic mass is 9.89. The molecule has 2 amide bonds. The molecule has 194 valence electrons. The van der Waals surface area contributed by atoms with E-state index in [0.29, 0.717) is 56.0 Å². The van der Waals surface area contributed by atoms with E-state index in [-0.39, 0.29) is 23.3 Å². The smallest absolute Gasteiger partial charge is 0.256 e. The van der Waals surface area contributed by atoms with Gasteiger partial charge in [0.25, 0.3) is 11.8 Å². The lowest BCUT2D eigenvalue weighted by Gasteiger charge is -2.32. The number of ether oxygens (including phenoxy) is 2. The number of likely N-dealkylation sites (tertiary alicyclic amines) is 1. The third-order valence-corrected chi connectivity index (χ3v) is 6.73. The van der Waals surface area contributed by atoms with Crippen molar-refractivity contribution in [3.05, 3.63) is 88.5 Å². The number of pyridine rings is 1. The maximum absolute atomic E-state index is 14.1. The fraction of sp³-hybridized carbons (Fsp3) is 0.345. The van der Waals surface area contributed by atoms with Crippen molar-refractivity contribution in [3.8, 4) is 11.5 Å². The minimum absolute atomic E-state index is 0.0381. The second-order valence-electron chi connectivity index (χ2n) is 9.13. The Hall–Kier alpha value is -3.94. The quantitative estimate of drug-likeness (QED) is 0.486. The molecule has 0 bridgehead atoms. The van der Waals surface area contributed by atoms with Crippen LogP contribution in [0.25, 0.3) is 0 Å². The van der Waals surface area contributed by atoms with Gasteiger partial charge in [-0.15, -0.1) is 0 Å². The van der Waals surface area contributed by atoms with Crippen molar-refractivity contribution in [1.29, 1.82) is 0 Å². The number of nitrogens with one attached hydrogen (secondary N) is 1. The van der Waals surface area contributed by atoms with E-state index in [9.17, 15) is 14.0 Å². The van der Waals surface area contributed by atoms with Crippen LogP contribution in [0.2, 0.25) is 0 Å². The number of aryl methyl sites for hydroxylation is 1. The molecule has 7 nitrogen and oxygen atoms in total. The van der Waals surface area contributed by atoms with Crippen molar-refractivity contribution in [1.82, 2.24) is 15.2 Å². The zero-order valence-electron chi connectivity index (χ0n) is 21.4. The Labute approximate surface area is 216 Å². The summed E-state index contributed by atoms with van der Waals surface area (Å²) in [5.74, 6) is 0.358. The summed E-state index contributed by atoms with van der Waals surface area (Å²) in [7, 11) is 3.19. The van der Waals surface area contributed by atoms with Crippen molar-refractivity contribution in [3.63, 3.8) is 0 Å². The number of hydrogen-bond donors (Lipinski definition) is 1. The van der Waals surface area contributed by atoms with Gasteiger partial charge >= 0.3 is 0 Å². The number of carbonyl (C=O) groups excluding carboxylic acids is 2. The second-order valence-corrected chi connectivity index (χ2v) is 9.13. The molecule has 1 aliphatic heterocycles. The third kappa shape index (κ3) is 6.07. The largest absolute Gasteiger partial charge is 0.493 e. The predicted octanol–water partition coefficient (Wildman–Crippen LogP) is 4.54. The van der Waals surface area contributed by atoms with E-state index in [1.54, 1.807) is 31.3 Å². The summed E-state index contributed by atoms with van der Waals surface area (Å²) in [5, 5.41) is 3.01. The Morgan fingerprint density at radius 2 is 1.73 bits per heavy atom. The first-order chi connectivity index (χ1) is 17.9. The summed E-state index contributed by atoms with van der Waals surface area (Å²) in [4.78, 5) is 32.3. The number of benzene rings is 2. The molecule has 3 aromatic rings. The summed E-state index contributed by atoms with van der Waals surface area (Å²) in [6, 6.07) is 15.4. The third-order valence-electron chi connectivity index (χ3n) is 6.73. The van der Waals surface area contributed by atoms with Gasteiger partial charge in [-0.05, 0) is 68.1 Å². The molecule has 0 spiro atoms. The molecular formula is C29H32FN3O4. The topological polar surface area (TPSA) is 80.8 Å². The van der Waals surface area contributed by atoms with Gasteiger partial charge in [0, 0.05) is 31.2 Å². The number of halogens is 1. The maximum Gasteiger partial charge on any atom is 0.256 e. The number of piperidine rings is 1. The molecule has 0 unspecified atom stereocenters. The molecule has 8 heteroatoms. The first-order valence-electron chi connectivity index (χ1n) is 12.4. The van der Waals surface area contributed by atoms with Crippen LogP contribution in [0.5, 0.6) is 11.5 Å². The lowest BCUT2D eigenvalue weighted by molar-refractivity contribution is 0.0705. The SMILES string of the molecule is COc1ccc(CCNC(=O)c2ccc(C)nc2C2CCN(C(=O)c3ccccc3F)CC2)cc1OC. The van der Waals surface area contributed by atoms with Crippen LogP contribution in [0, 0.1) is 12.7 Å². The van der Waals surface area contributed by atoms with Gasteiger partial charge in [-0.25, -0.2) is 4.39 Å². The average Bonchev–Trinajstić information content (AvgIpc) is 2.92. The van der Waals surface area contributed by atoms with Gasteiger partial charge in [0.2, 0.25) is 0 Å². The number of rotatable bonds is 8. The molecule has 1 N–H and O–H groups in total. The van der Waals surface area contributed by atoms with Gasteiger partial charge in [-0.3, -0.25) is 14.6 Å². The lowest BCUT2D eigenvalue weighted by Crippen LogP contribution is -2.39. The van der Waals surface area contributed by atoms with Gasteiger partial charge < -0.3 is 19.7 Å². The summed E-state index contributed by atoms with van der Waals surface area (Å²) >= 11 is 0. The van der Waals surface area contributed by atoms with Gasteiger partial charge in [0.15, 0.2) is 11.5 Å². The summed E-state index contributed by atoms with van der Waals surface area (Å²) in [5.41, 5.74) is 3.25. The Morgan fingerprint density at radius 1 is 1.00 bits per heavy atom. The molecule has 1 aromatic heterocycles. The minimum atomic E-state index is -0.512. The second kappa shape index (κ2) is 11.9. The van der Waals surface area contributed by atoms with Crippen molar-refractivity contribution in [2.24, 2.45) is 0 Å². The van der Waals surface area contributed by atoms with Gasteiger partial charge in [0.1, 0.15) is 5.82 Å². The fourth-order valence-corrected chi connectivity index (χ4v) is 4.69. The molecule has 1 aliphatic rings. The van der Waals surface area contributed by atoms with Crippen molar-refractivity contribution < 1.29 is 23.5 Å². The van der Waals surface area contributed by atoms with Crippen LogP contribution in [-0.2, 0) is 6.42 Å². The molecule has 0 aliphatic carbocycles. The first kappa shape index (κ1) is 26.1. The molecule has 0 radical (unpaired) electrons. The number of nitrogens with zero attached hydrogens (tertiary/aromatic N) is 2. The van der Waals surface area contributed by atoms with Crippen LogP contribution >= 0.6 is 0 Å². The Balaban J connectivity index is 1.39. The van der Waals surface area contributed by atoms with E-state index >= 15 is 0 Å². The summed E-state index contributed by atoms with van der Waals surface area (Å²) in [6.07, 6.45) is 1.95. The van der Waals surface area contributed by atoms with E-state index in [1.165, 1.54) is 12.1 Å². The maximum atomic E-state index is 14.1. The molecule has 4 rings (SSSR count). The molecule has 1 fully saturated rings. The molecule has 0 saturated carbocycles. The predicted molar refractivity (Wildman–Crippen MR) is 139 cm³/mol. The number of methoxy groups -OCH3 is 2. The van der Waals surface area contributed by atoms with Crippen LogP contribution in [0.3, 0.4) is 0 Å². The van der Waals surface area contributed by atoms with Crippen molar-refractivity contribution in [2.75, 3.05) is 33.9 Å². The van der Waals surface area contributed by atoms with Gasteiger partial charge in [-0.1, -0.05) is 18.2 Å². The van der Waals surface area contributed by atoms with Crippen molar-refractivity contribution in [2.45, 2.75) is 32.1 Å². The first-order valence-corrected chi connectivity index (χ1v) is 12.4. The number of carbonyl (C=O) groups is 2. The van der Waals surface area contributed by atoms with E-state index in [2.05, 4.69) is 5.32 Å². The monoisotopic (exact) mass is 505 g/mol. The van der Waals surface area contributed by atoms with Crippen LogP contribution in [0.1, 0.15) is 56.4 Å². The summed E-state index contributed by atoms with van der Waals surface area (Å²) in [6.45, 7) is 3.32. The van der Waals surface area contributed by atoms with Crippen molar-refractivity contribution >= 4 is 11.8 Å². The number of hydrogen-bond acceptors (Lipinski definition) is 5. The Bertz CT molecular complexity index is 1270. The number of amides is 2. The molecule has 2 aromatic carbocycles. The number of aromatic nitrogens is 1. The van der Waals surface area contributed by atoms with E-state index in [4.69, 9.17) is 14.5 Å². The molecular weight excluding hydrogens is 473 g/mol. The van der Waals surface area contributed by atoms with Crippen LogP contribution < -0.4 is 14.8 Å². The summed E-state index contributed by atoms with van der Waals surface area (Å²) < 4.78 is 24.7. The average molecular weight is 506 g/mol. The Kier molecular flexibility index (Phi) is 8.38. The van der Waals surface area contributed by atoms with Gasteiger partial charge in [-0.2, -0.15) is 0 Å². The highest BCUT2D eigenvalue weighted by Crippen LogP contribution is 2.31. The van der Waals surface area contributed by atoms with Crippen LogP contribution in [-0.4, -0.2) is 55.6 Å². The minimum Gasteiger partial charge on any atom is -0.493 e. The molecule has 0 atom stereocenters. The zero-order valence-corrected chi connectivity index (χ0v) is 21.4. The van der Waals surface area contributed by atoms with Crippen LogP contribution in [0.15, 0.2) is 54.6 Å². The zero-order chi connectivity index (χ0) is 26.4. The van der Waals surface area contributed by atoms with E-state index in [0.717, 1.165) is 17.0 Å². The molecule has 37 heavy (non-hydrogen) atoms. The van der Waals surface area contributed by atoms with Gasteiger partial charge in [0.05, 0.1) is 31.0 Å².